The molecule has 2 rings (SSSR count). The van der Waals surface area contributed by atoms with E-state index in [1.165, 1.54) is 16.8 Å². The Bertz CT molecular complexity index is 554. The fraction of sp³-hybridized carbons (Fsp3) is 0.455. The van der Waals surface area contributed by atoms with Crippen molar-refractivity contribution in [2.75, 3.05) is 6.61 Å². The maximum Gasteiger partial charge on any atom is 0.330 e. The molecule has 90 valence electrons. The zero-order chi connectivity index (χ0) is 12.4. The SMILES string of the molecule is C#C[C@@H]1C[C@H](n2ccc(=O)[nH]c2=O)O[C@@H]1CO. The predicted molar refractivity (Wildman–Crippen MR) is 59.3 cm³/mol. The van der Waals surface area contributed by atoms with Gasteiger partial charge in [-0.05, 0) is 0 Å². The van der Waals surface area contributed by atoms with Crippen LogP contribution in [-0.2, 0) is 4.74 Å². The van der Waals surface area contributed by atoms with Crippen LogP contribution in [-0.4, -0.2) is 27.4 Å². The van der Waals surface area contributed by atoms with Crippen molar-refractivity contribution in [2.24, 2.45) is 5.92 Å². The second-order valence-corrected chi connectivity index (χ2v) is 3.84. The van der Waals surface area contributed by atoms with Crippen LogP contribution in [0.25, 0.3) is 0 Å². The van der Waals surface area contributed by atoms with Gasteiger partial charge in [-0.2, -0.15) is 0 Å². The van der Waals surface area contributed by atoms with Crippen molar-refractivity contribution in [1.29, 1.82) is 0 Å². The molecule has 0 radical (unpaired) electrons. The first-order valence-electron chi connectivity index (χ1n) is 5.19. The van der Waals surface area contributed by atoms with Crippen molar-refractivity contribution >= 4 is 0 Å². The highest BCUT2D eigenvalue weighted by Gasteiger charge is 2.34. The van der Waals surface area contributed by atoms with Crippen molar-refractivity contribution in [1.82, 2.24) is 9.55 Å². The number of terminal acetylenes is 1. The van der Waals surface area contributed by atoms with Crippen LogP contribution in [0, 0.1) is 18.3 Å². The molecule has 0 aliphatic carbocycles. The van der Waals surface area contributed by atoms with E-state index < -0.39 is 23.6 Å². The fourth-order valence-corrected chi connectivity index (χ4v) is 1.90. The van der Waals surface area contributed by atoms with Crippen LogP contribution in [0.4, 0.5) is 0 Å². The van der Waals surface area contributed by atoms with E-state index in [4.69, 9.17) is 16.3 Å². The lowest BCUT2D eigenvalue weighted by molar-refractivity contribution is -0.0289. The first-order chi connectivity index (χ1) is 8.15. The van der Waals surface area contributed by atoms with E-state index in [0.717, 1.165) is 0 Å². The molecule has 1 fully saturated rings. The van der Waals surface area contributed by atoms with Gasteiger partial charge in [-0.15, -0.1) is 12.3 Å². The number of rotatable bonds is 2. The normalized spacial score (nSPS) is 27.9. The van der Waals surface area contributed by atoms with Crippen molar-refractivity contribution < 1.29 is 9.84 Å². The highest BCUT2D eigenvalue weighted by molar-refractivity contribution is 5.01. The van der Waals surface area contributed by atoms with Gasteiger partial charge in [0.25, 0.3) is 5.56 Å². The summed E-state index contributed by atoms with van der Waals surface area (Å²) in [5.74, 6) is 2.29. The van der Waals surface area contributed by atoms with Crippen molar-refractivity contribution in [3.05, 3.63) is 33.1 Å². The summed E-state index contributed by atoms with van der Waals surface area (Å²) in [5.41, 5.74) is -1.01. The third kappa shape index (κ3) is 2.16. The molecule has 1 aromatic heterocycles. The van der Waals surface area contributed by atoms with Crippen LogP contribution in [0.5, 0.6) is 0 Å². The molecule has 2 heterocycles. The van der Waals surface area contributed by atoms with Crippen LogP contribution in [0.1, 0.15) is 12.6 Å². The Morgan fingerprint density at radius 1 is 1.65 bits per heavy atom. The van der Waals surface area contributed by atoms with Gasteiger partial charge in [-0.1, -0.05) is 0 Å². The highest BCUT2D eigenvalue weighted by Crippen LogP contribution is 2.31. The molecule has 0 amide bonds. The minimum absolute atomic E-state index is 0.191. The van der Waals surface area contributed by atoms with Crippen LogP contribution in [0.3, 0.4) is 0 Å². The van der Waals surface area contributed by atoms with E-state index in [1.807, 2.05) is 0 Å². The van der Waals surface area contributed by atoms with Crippen LogP contribution in [0.2, 0.25) is 0 Å². The molecule has 6 nitrogen and oxygen atoms in total. The molecule has 17 heavy (non-hydrogen) atoms. The lowest BCUT2D eigenvalue weighted by atomic mass is 10.0. The Balaban J connectivity index is 2.29. The van der Waals surface area contributed by atoms with Gasteiger partial charge in [0.1, 0.15) is 6.23 Å². The summed E-state index contributed by atoms with van der Waals surface area (Å²) in [6.07, 6.45) is 6.10. The smallest absolute Gasteiger partial charge is 0.330 e. The number of nitrogens with zero attached hydrogens (tertiary/aromatic N) is 1. The van der Waals surface area contributed by atoms with Crippen LogP contribution in [0.15, 0.2) is 21.9 Å². The van der Waals surface area contributed by atoms with E-state index in [1.54, 1.807) is 0 Å². The van der Waals surface area contributed by atoms with Gasteiger partial charge in [-0.25, -0.2) is 4.79 Å². The summed E-state index contributed by atoms with van der Waals surface area (Å²) < 4.78 is 6.73. The lowest BCUT2D eigenvalue weighted by Crippen LogP contribution is -2.31. The number of aromatic nitrogens is 2. The zero-order valence-corrected chi connectivity index (χ0v) is 9.00. The van der Waals surface area contributed by atoms with Crippen molar-refractivity contribution in [3.8, 4) is 12.3 Å². The third-order valence-corrected chi connectivity index (χ3v) is 2.79. The fourth-order valence-electron chi connectivity index (χ4n) is 1.90. The zero-order valence-electron chi connectivity index (χ0n) is 9.00. The van der Waals surface area contributed by atoms with Crippen LogP contribution >= 0.6 is 0 Å². The van der Waals surface area contributed by atoms with Gasteiger partial charge in [0, 0.05) is 18.7 Å². The molecule has 0 bridgehead atoms. The number of aromatic amines is 1. The van der Waals surface area contributed by atoms with Gasteiger partial charge < -0.3 is 9.84 Å². The second-order valence-electron chi connectivity index (χ2n) is 3.84. The Kier molecular flexibility index (Phi) is 3.13. The number of aliphatic hydroxyl groups is 1. The number of hydrogen-bond donors (Lipinski definition) is 2. The monoisotopic (exact) mass is 236 g/mol. The maximum absolute atomic E-state index is 11.5. The minimum atomic E-state index is -0.545. The molecule has 1 aliphatic rings. The molecule has 0 aromatic carbocycles. The average Bonchev–Trinajstić information content (AvgIpc) is 2.72. The Labute approximate surface area is 96.9 Å². The standard InChI is InChI=1S/C11H12N2O4/c1-2-7-5-10(17-8(7)6-14)13-4-3-9(15)12-11(13)16/h1,3-4,7-8,10,14H,5-6H2,(H,12,15,16)/t7-,8-,10-/m1/s1. The average molecular weight is 236 g/mol. The molecular weight excluding hydrogens is 224 g/mol. The molecule has 3 atom stereocenters. The highest BCUT2D eigenvalue weighted by atomic mass is 16.5. The first kappa shape index (κ1) is 11.6. The predicted octanol–water partition coefficient (Wildman–Crippen LogP) is -0.934. The molecule has 1 aliphatic heterocycles. The number of ether oxygens (including phenoxy) is 1. The summed E-state index contributed by atoms with van der Waals surface area (Å²) >= 11 is 0. The number of nitrogens with one attached hydrogen (secondary N) is 1. The summed E-state index contributed by atoms with van der Waals surface area (Å²) in [6.45, 7) is -0.191. The largest absolute Gasteiger partial charge is 0.394 e. The van der Waals surface area contributed by atoms with E-state index in [9.17, 15) is 9.59 Å². The van der Waals surface area contributed by atoms with E-state index >= 15 is 0 Å². The molecule has 0 spiro atoms. The van der Waals surface area contributed by atoms with Crippen LogP contribution < -0.4 is 11.2 Å². The maximum atomic E-state index is 11.5. The van der Waals surface area contributed by atoms with E-state index in [2.05, 4.69) is 10.9 Å². The molecule has 6 heteroatoms. The Morgan fingerprint density at radius 3 is 2.94 bits per heavy atom. The molecule has 1 saturated heterocycles. The molecule has 2 N–H and O–H groups in total. The third-order valence-electron chi connectivity index (χ3n) is 2.79. The van der Waals surface area contributed by atoms with Crippen molar-refractivity contribution in [3.63, 3.8) is 0 Å². The summed E-state index contributed by atoms with van der Waals surface area (Å²) in [6, 6.07) is 1.24. The minimum Gasteiger partial charge on any atom is -0.394 e. The summed E-state index contributed by atoms with van der Waals surface area (Å²) in [7, 11) is 0. The van der Waals surface area contributed by atoms with Gasteiger partial charge >= 0.3 is 5.69 Å². The Hall–Kier alpha value is -1.84. The summed E-state index contributed by atoms with van der Waals surface area (Å²) in [4.78, 5) is 24.6. The lowest BCUT2D eigenvalue weighted by Gasteiger charge is -2.13. The van der Waals surface area contributed by atoms with Gasteiger partial charge in [0.05, 0.1) is 18.6 Å². The van der Waals surface area contributed by atoms with Gasteiger partial charge in [0.2, 0.25) is 0 Å². The van der Waals surface area contributed by atoms with E-state index in [-0.39, 0.29) is 12.5 Å². The quantitative estimate of drug-likeness (QED) is 0.649. The number of aliphatic hydroxyl groups excluding tert-OH is 1. The first-order valence-corrected chi connectivity index (χ1v) is 5.19. The van der Waals surface area contributed by atoms with E-state index in [0.29, 0.717) is 6.42 Å². The molecule has 0 saturated carbocycles. The molecule has 0 unspecified atom stereocenters. The van der Waals surface area contributed by atoms with Gasteiger partial charge in [0.15, 0.2) is 0 Å². The second kappa shape index (κ2) is 4.57. The Morgan fingerprint density at radius 2 is 2.41 bits per heavy atom. The number of H-pyrrole nitrogens is 1. The molecular formula is C11H12N2O4. The number of hydrogen-bond acceptors (Lipinski definition) is 4. The topological polar surface area (TPSA) is 84.3 Å². The van der Waals surface area contributed by atoms with Crippen molar-refractivity contribution in [2.45, 2.75) is 18.8 Å². The molecule has 1 aromatic rings. The van der Waals surface area contributed by atoms with Gasteiger partial charge in [-0.3, -0.25) is 14.3 Å². The summed E-state index contributed by atoms with van der Waals surface area (Å²) in [5, 5.41) is 9.08.